The third-order valence-corrected chi connectivity index (χ3v) is 6.53. The topological polar surface area (TPSA) is 29.1 Å². The van der Waals surface area contributed by atoms with Gasteiger partial charge < -0.3 is 5.32 Å². The lowest BCUT2D eigenvalue weighted by atomic mass is 9.92. The van der Waals surface area contributed by atoms with E-state index in [0.717, 1.165) is 6.42 Å². The first-order valence-corrected chi connectivity index (χ1v) is 13.8. The number of ketones is 1. The molecule has 0 aromatic rings. The molecule has 1 atom stereocenters. The van der Waals surface area contributed by atoms with E-state index >= 15 is 0 Å². The highest BCUT2D eigenvalue weighted by Crippen LogP contribution is 2.23. The van der Waals surface area contributed by atoms with Gasteiger partial charge in [-0.1, -0.05) is 111 Å². The summed E-state index contributed by atoms with van der Waals surface area (Å²) >= 11 is 4.83. The minimum Gasteiger partial charge on any atom is -0.304 e. The Bertz CT molecular complexity index is 377. The van der Waals surface area contributed by atoms with Gasteiger partial charge in [0.25, 0.3) is 0 Å². The molecule has 2 nitrogen and oxygen atoms in total. The van der Waals surface area contributed by atoms with Gasteiger partial charge in [-0.15, -0.1) is 0 Å². The van der Waals surface area contributed by atoms with E-state index in [1.807, 2.05) is 0 Å². The maximum absolute atomic E-state index is 13.1. The molecule has 0 aromatic carbocycles. The first-order valence-electron chi connectivity index (χ1n) is 13.4. The number of Topliss-reactive ketones (excluding diaryl/α,β-unsaturated/α-hetero) is 1. The Morgan fingerprint density at radius 3 is 1.50 bits per heavy atom. The van der Waals surface area contributed by atoms with Gasteiger partial charge in [0.1, 0.15) is 0 Å². The van der Waals surface area contributed by atoms with E-state index < -0.39 is 0 Å². The summed E-state index contributed by atoms with van der Waals surface area (Å²) < 4.78 is -0.316. The van der Waals surface area contributed by atoms with Crippen LogP contribution >= 0.6 is 12.6 Å². The maximum atomic E-state index is 13.1. The number of hydrogen-bond donors (Lipinski definition) is 2. The van der Waals surface area contributed by atoms with Gasteiger partial charge >= 0.3 is 0 Å². The van der Waals surface area contributed by atoms with E-state index in [1.54, 1.807) is 0 Å². The van der Waals surface area contributed by atoms with Crippen LogP contribution in [-0.4, -0.2) is 22.6 Å². The highest BCUT2D eigenvalue weighted by Gasteiger charge is 2.33. The second-order valence-electron chi connectivity index (χ2n) is 9.99. The molecule has 0 aliphatic carbocycles. The van der Waals surface area contributed by atoms with Gasteiger partial charge in [0, 0.05) is 17.2 Å². The van der Waals surface area contributed by atoms with Crippen molar-refractivity contribution in [2.24, 2.45) is 0 Å². The lowest BCUT2D eigenvalue weighted by molar-refractivity contribution is -0.122. The molecule has 0 bridgehead atoms. The summed E-state index contributed by atoms with van der Waals surface area (Å²) in [5, 5.41) is 3.80. The second kappa shape index (κ2) is 19.6. The van der Waals surface area contributed by atoms with Crippen molar-refractivity contribution in [3.63, 3.8) is 0 Å². The lowest BCUT2D eigenvalue weighted by Crippen LogP contribution is -2.53. The minimum absolute atomic E-state index is 0.136. The molecule has 1 N–H and O–H groups in total. The van der Waals surface area contributed by atoms with Gasteiger partial charge in [0.05, 0.1) is 6.04 Å². The molecule has 0 aromatic heterocycles. The molecule has 0 saturated carbocycles. The Morgan fingerprint density at radius 2 is 1.10 bits per heavy atom. The maximum Gasteiger partial charge on any atom is 0.151 e. The van der Waals surface area contributed by atoms with Gasteiger partial charge in [-0.3, -0.25) is 4.79 Å². The van der Waals surface area contributed by atoms with Crippen molar-refractivity contribution in [2.45, 2.75) is 167 Å². The molecule has 30 heavy (non-hydrogen) atoms. The van der Waals surface area contributed by atoms with E-state index in [9.17, 15) is 4.79 Å². The Morgan fingerprint density at radius 1 is 0.700 bits per heavy atom. The quantitative estimate of drug-likeness (QED) is 0.130. The molecule has 0 aliphatic heterocycles. The van der Waals surface area contributed by atoms with Crippen molar-refractivity contribution < 1.29 is 4.79 Å². The Kier molecular flexibility index (Phi) is 19.6. The van der Waals surface area contributed by atoms with E-state index in [0.29, 0.717) is 18.2 Å². The largest absolute Gasteiger partial charge is 0.304 e. The molecule has 0 saturated heterocycles. The molecule has 0 fully saturated rings. The van der Waals surface area contributed by atoms with E-state index in [4.69, 9.17) is 12.6 Å². The van der Waals surface area contributed by atoms with Crippen LogP contribution in [0.3, 0.4) is 0 Å². The number of hydrogen-bond acceptors (Lipinski definition) is 3. The van der Waals surface area contributed by atoms with Crippen LogP contribution in [0.15, 0.2) is 0 Å². The van der Waals surface area contributed by atoms with Crippen LogP contribution in [0.5, 0.6) is 0 Å². The SMILES string of the molecule is CCCCCCCC(=O)C(NC(CCCCCCC)CCCCCCC)C(C)(C)S. The van der Waals surface area contributed by atoms with Crippen molar-refractivity contribution >= 4 is 18.4 Å². The Labute approximate surface area is 195 Å². The number of thiol groups is 1. The molecule has 0 rings (SSSR count). The summed E-state index contributed by atoms with van der Waals surface area (Å²) in [7, 11) is 0. The highest BCUT2D eigenvalue weighted by atomic mass is 32.1. The smallest absolute Gasteiger partial charge is 0.151 e. The molecular weight excluding hydrogens is 386 g/mol. The normalized spacial score (nSPS) is 13.2. The molecule has 0 spiro atoms. The van der Waals surface area contributed by atoms with Crippen molar-refractivity contribution in [1.82, 2.24) is 5.32 Å². The summed E-state index contributed by atoms with van der Waals surface area (Å²) in [6, 6.07) is 0.317. The molecule has 0 radical (unpaired) electrons. The monoisotopic (exact) mass is 441 g/mol. The standard InChI is InChI=1S/C27H55NOS/c1-6-9-12-15-18-21-24(22-19-16-13-10-7-2)28-26(27(4,5)30)25(29)23-20-17-14-11-8-3/h24,26,28,30H,6-23H2,1-5H3. The number of rotatable bonds is 22. The van der Waals surface area contributed by atoms with Gasteiger partial charge in [-0.2, -0.15) is 12.6 Å². The zero-order chi connectivity index (χ0) is 22.7. The number of carbonyl (C=O) groups excluding carboxylic acids is 1. The van der Waals surface area contributed by atoms with E-state index in [2.05, 4.69) is 39.9 Å². The van der Waals surface area contributed by atoms with E-state index in [-0.39, 0.29) is 10.8 Å². The summed E-state index contributed by atoms with van der Waals surface area (Å²) in [5.41, 5.74) is 0. The number of nitrogens with one attached hydrogen (secondary N) is 1. The zero-order valence-corrected chi connectivity index (χ0v) is 22.1. The second-order valence-corrected chi connectivity index (χ2v) is 11.1. The first kappa shape index (κ1) is 30.0. The van der Waals surface area contributed by atoms with Crippen LogP contribution in [0, 0.1) is 0 Å². The number of unbranched alkanes of at least 4 members (excludes halogenated alkanes) is 12. The molecule has 3 heteroatoms. The van der Waals surface area contributed by atoms with Crippen molar-refractivity contribution in [2.75, 3.05) is 0 Å². The van der Waals surface area contributed by atoms with Gasteiger partial charge in [-0.25, -0.2) is 0 Å². The van der Waals surface area contributed by atoms with Crippen LogP contribution < -0.4 is 5.32 Å². The summed E-state index contributed by atoms with van der Waals surface area (Å²) in [5.74, 6) is 0.369. The van der Waals surface area contributed by atoms with Crippen LogP contribution in [0.4, 0.5) is 0 Å². The van der Waals surface area contributed by atoms with Crippen molar-refractivity contribution in [1.29, 1.82) is 0 Å². The Hall–Kier alpha value is -0.0200. The molecule has 180 valence electrons. The third-order valence-electron chi connectivity index (χ3n) is 6.27. The number of carbonyl (C=O) groups is 1. The molecule has 1 unspecified atom stereocenters. The molecular formula is C27H55NOS. The fourth-order valence-corrected chi connectivity index (χ4v) is 4.49. The van der Waals surface area contributed by atoms with Crippen LogP contribution in [0.2, 0.25) is 0 Å². The van der Waals surface area contributed by atoms with Gasteiger partial charge in [0.15, 0.2) is 5.78 Å². The summed E-state index contributed by atoms with van der Waals surface area (Å²) in [6.45, 7) is 11.0. The van der Waals surface area contributed by atoms with Crippen molar-refractivity contribution in [3.05, 3.63) is 0 Å². The first-order chi connectivity index (χ1) is 14.4. The summed E-state index contributed by atoms with van der Waals surface area (Å²) in [6.07, 6.45) is 22.2. The van der Waals surface area contributed by atoms with Gasteiger partial charge in [0.2, 0.25) is 0 Å². The fraction of sp³-hybridized carbons (Fsp3) is 0.963. The molecule has 0 amide bonds. The molecule has 0 heterocycles. The minimum atomic E-state index is -0.316. The van der Waals surface area contributed by atoms with Crippen LogP contribution in [0.1, 0.15) is 150 Å². The Balaban J connectivity index is 4.73. The fourth-order valence-electron chi connectivity index (χ4n) is 4.27. The average molecular weight is 442 g/mol. The van der Waals surface area contributed by atoms with Crippen LogP contribution in [0.25, 0.3) is 0 Å². The van der Waals surface area contributed by atoms with Crippen molar-refractivity contribution in [3.8, 4) is 0 Å². The predicted octanol–water partition coefficient (Wildman–Crippen LogP) is 8.67. The highest BCUT2D eigenvalue weighted by molar-refractivity contribution is 7.81. The van der Waals surface area contributed by atoms with Gasteiger partial charge in [-0.05, 0) is 33.1 Å². The van der Waals surface area contributed by atoms with E-state index in [1.165, 1.54) is 103 Å². The predicted molar refractivity (Wildman–Crippen MR) is 139 cm³/mol. The van der Waals surface area contributed by atoms with Crippen LogP contribution in [-0.2, 0) is 4.79 Å². The lowest BCUT2D eigenvalue weighted by Gasteiger charge is -2.33. The third kappa shape index (κ3) is 16.6. The summed E-state index contributed by atoms with van der Waals surface area (Å²) in [4.78, 5) is 13.1. The zero-order valence-electron chi connectivity index (χ0n) is 21.2. The molecule has 0 aliphatic rings. The average Bonchev–Trinajstić information content (AvgIpc) is 2.69.